The van der Waals surface area contributed by atoms with Crippen LogP contribution in [0.25, 0.3) is 0 Å². The largest absolute Gasteiger partial charge is 0.369 e. The summed E-state index contributed by atoms with van der Waals surface area (Å²) in [6.07, 6.45) is 0. The summed E-state index contributed by atoms with van der Waals surface area (Å²) in [5.74, 6) is 5.32. The molecule has 1 aromatic carbocycles. The van der Waals surface area contributed by atoms with Crippen molar-refractivity contribution in [3.63, 3.8) is 0 Å². The SMILES string of the molecule is Cc1ccc(C)c(N=C(N)NN)c1.O=[N+]([O-])O. The minimum atomic E-state index is -1.50. The number of aliphatic imine (C=N–C) groups is 1. The van der Waals surface area contributed by atoms with Crippen LogP contribution in [0.5, 0.6) is 0 Å². The number of nitrogens with zero attached hydrogens (tertiary/aromatic N) is 2. The zero-order valence-corrected chi connectivity index (χ0v) is 9.54. The van der Waals surface area contributed by atoms with E-state index in [1.807, 2.05) is 32.0 Å². The molecule has 0 amide bonds. The maximum Gasteiger partial charge on any atom is 0.291 e. The van der Waals surface area contributed by atoms with Crippen molar-refractivity contribution >= 4 is 11.6 Å². The Hall–Kier alpha value is -2.35. The lowest BCUT2D eigenvalue weighted by atomic mass is 10.1. The molecular weight excluding hydrogens is 226 g/mol. The van der Waals surface area contributed by atoms with Crippen LogP contribution in [0.3, 0.4) is 0 Å². The van der Waals surface area contributed by atoms with Crippen LogP contribution in [0.15, 0.2) is 23.2 Å². The van der Waals surface area contributed by atoms with Crippen molar-refractivity contribution in [1.82, 2.24) is 5.43 Å². The van der Waals surface area contributed by atoms with Gasteiger partial charge >= 0.3 is 0 Å². The summed E-state index contributed by atoms with van der Waals surface area (Å²) in [7, 11) is 0. The van der Waals surface area contributed by atoms with Crippen molar-refractivity contribution in [2.45, 2.75) is 13.8 Å². The zero-order chi connectivity index (χ0) is 13.4. The first-order valence-corrected chi connectivity index (χ1v) is 4.58. The third kappa shape index (κ3) is 6.68. The van der Waals surface area contributed by atoms with E-state index >= 15 is 0 Å². The normalized spacial score (nSPS) is 10.2. The van der Waals surface area contributed by atoms with E-state index in [0.717, 1.165) is 16.8 Å². The highest BCUT2D eigenvalue weighted by atomic mass is 16.9. The van der Waals surface area contributed by atoms with E-state index in [0.29, 0.717) is 0 Å². The van der Waals surface area contributed by atoms with Crippen LogP contribution < -0.4 is 17.0 Å². The number of guanidine groups is 1. The molecule has 0 aliphatic heterocycles. The number of aryl methyl sites for hydroxylation is 2. The highest BCUT2D eigenvalue weighted by molar-refractivity contribution is 5.80. The predicted molar refractivity (Wildman–Crippen MR) is 63.3 cm³/mol. The van der Waals surface area contributed by atoms with Gasteiger partial charge in [0.2, 0.25) is 5.96 Å². The van der Waals surface area contributed by atoms with Crippen LogP contribution in [0, 0.1) is 24.0 Å². The minimum absolute atomic E-state index is 0.216. The number of hydrogen-bond acceptors (Lipinski definition) is 4. The van der Waals surface area contributed by atoms with Gasteiger partial charge in [-0.05, 0) is 31.0 Å². The van der Waals surface area contributed by atoms with Gasteiger partial charge in [0.25, 0.3) is 5.09 Å². The second kappa shape index (κ2) is 7.01. The molecule has 0 aliphatic carbocycles. The lowest BCUT2D eigenvalue weighted by molar-refractivity contribution is -0.742. The van der Waals surface area contributed by atoms with Gasteiger partial charge in [-0.1, -0.05) is 12.1 Å². The predicted octanol–water partition coefficient (Wildman–Crippen LogP) is 0.365. The smallest absolute Gasteiger partial charge is 0.291 e. The molecular formula is C9H15N5O3. The van der Waals surface area contributed by atoms with E-state index in [1.165, 1.54) is 0 Å². The second-order valence-corrected chi connectivity index (χ2v) is 3.17. The van der Waals surface area contributed by atoms with Crippen molar-refractivity contribution in [1.29, 1.82) is 0 Å². The lowest BCUT2D eigenvalue weighted by Gasteiger charge is -2.03. The second-order valence-electron chi connectivity index (χ2n) is 3.17. The molecule has 1 aromatic rings. The summed E-state index contributed by atoms with van der Waals surface area (Å²) >= 11 is 0. The van der Waals surface area contributed by atoms with Crippen molar-refractivity contribution in [2.75, 3.05) is 0 Å². The lowest BCUT2D eigenvalue weighted by Crippen LogP contribution is -2.36. The van der Waals surface area contributed by atoms with Gasteiger partial charge in [-0.25, -0.2) is 10.8 Å². The number of nitrogens with one attached hydrogen (secondary N) is 1. The summed E-state index contributed by atoms with van der Waals surface area (Å²) in [5.41, 5.74) is 10.8. The van der Waals surface area contributed by atoms with Crippen molar-refractivity contribution in [3.05, 3.63) is 39.4 Å². The molecule has 0 aliphatic rings. The van der Waals surface area contributed by atoms with Gasteiger partial charge in [0.15, 0.2) is 0 Å². The molecule has 0 radical (unpaired) electrons. The molecule has 0 aromatic heterocycles. The fraction of sp³-hybridized carbons (Fsp3) is 0.222. The van der Waals surface area contributed by atoms with Crippen LogP contribution in [0.1, 0.15) is 11.1 Å². The first kappa shape index (κ1) is 14.7. The van der Waals surface area contributed by atoms with Crippen LogP contribution in [0.2, 0.25) is 0 Å². The summed E-state index contributed by atoms with van der Waals surface area (Å²) in [6.45, 7) is 3.98. The van der Waals surface area contributed by atoms with Crippen molar-refractivity contribution in [3.8, 4) is 0 Å². The fourth-order valence-electron chi connectivity index (χ4n) is 1.00. The fourth-order valence-corrected chi connectivity index (χ4v) is 1.00. The van der Waals surface area contributed by atoms with Gasteiger partial charge < -0.3 is 10.9 Å². The molecule has 1 rings (SSSR count). The number of benzene rings is 1. The molecule has 6 N–H and O–H groups in total. The van der Waals surface area contributed by atoms with Crippen LogP contribution in [-0.4, -0.2) is 16.3 Å². The first-order valence-electron chi connectivity index (χ1n) is 4.58. The Morgan fingerprint density at radius 2 is 2.06 bits per heavy atom. The van der Waals surface area contributed by atoms with E-state index in [1.54, 1.807) is 0 Å². The van der Waals surface area contributed by atoms with Gasteiger partial charge in [-0.3, -0.25) is 5.43 Å². The maximum absolute atomic E-state index is 8.36. The Labute approximate surface area is 98.0 Å². The Bertz CT molecular complexity index is 415. The highest BCUT2D eigenvalue weighted by Gasteiger charge is 1.96. The Kier molecular flexibility index (Phi) is 6.04. The van der Waals surface area contributed by atoms with Crippen LogP contribution in [0.4, 0.5) is 5.69 Å². The summed E-state index contributed by atoms with van der Waals surface area (Å²) in [5, 5.41) is 13.6. The molecule has 8 nitrogen and oxygen atoms in total. The molecule has 0 unspecified atom stereocenters. The zero-order valence-electron chi connectivity index (χ0n) is 9.54. The molecule has 0 saturated carbocycles. The molecule has 0 fully saturated rings. The highest BCUT2D eigenvalue weighted by Crippen LogP contribution is 2.19. The Morgan fingerprint density at radius 1 is 1.53 bits per heavy atom. The van der Waals surface area contributed by atoms with Crippen molar-refractivity contribution < 1.29 is 10.3 Å². The molecule has 0 saturated heterocycles. The van der Waals surface area contributed by atoms with Gasteiger partial charge in [-0.2, -0.15) is 0 Å². The summed E-state index contributed by atoms with van der Waals surface area (Å²) < 4.78 is 0. The van der Waals surface area contributed by atoms with E-state index in [9.17, 15) is 0 Å². The van der Waals surface area contributed by atoms with Gasteiger partial charge in [0.1, 0.15) is 0 Å². The molecule has 94 valence electrons. The van der Waals surface area contributed by atoms with Gasteiger partial charge in [0.05, 0.1) is 5.69 Å². The quantitative estimate of drug-likeness (QED) is 0.184. The van der Waals surface area contributed by atoms with Crippen LogP contribution >= 0.6 is 0 Å². The molecule has 0 atom stereocenters. The van der Waals surface area contributed by atoms with E-state index in [-0.39, 0.29) is 5.96 Å². The minimum Gasteiger partial charge on any atom is -0.369 e. The third-order valence-electron chi connectivity index (χ3n) is 1.75. The van der Waals surface area contributed by atoms with E-state index in [2.05, 4.69) is 10.4 Å². The molecule has 17 heavy (non-hydrogen) atoms. The van der Waals surface area contributed by atoms with Gasteiger partial charge in [0, 0.05) is 0 Å². The maximum atomic E-state index is 8.36. The number of rotatable bonds is 1. The number of nitrogens with two attached hydrogens (primary N) is 2. The Balaban J connectivity index is 0.000000557. The molecule has 0 heterocycles. The van der Waals surface area contributed by atoms with Crippen LogP contribution in [-0.2, 0) is 0 Å². The average molecular weight is 241 g/mol. The summed E-state index contributed by atoms with van der Waals surface area (Å²) in [4.78, 5) is 12.5. The van der Waals surface area contributed by atoms with E-state index < -0.39 is 5.09 Å². The van der Waals surface area contributed by atoms with Crippen molar-refractivity contribution in [2.24, 2.45) is 16.6 Å². The molecule has 8 heteroatoms. The monoisotopic (exact) mass is 241 g/mol. The van der Waals surface area contributed by atoms with E-state index in [4.69, 9.17) is 26.9 Å². The molecule has 0 bridgehead atoms. The molecule has 0 spiro atoms. The topological polar surface area (TPSA) is 140 Å². The number of hydrazine groups is 1. The third-order valence-corrected chi connectivity index (χ3v) is 1.75. The number of hydrogen-bond donors (Lipinski definition) is 4. The first-order chi connectivity index (χ1) is 7.86. The average Bonchev–Trinajstić information content (AvgIpc) is 2.22. The Morgan fingerprint density at radius 3 is 2.53 bits per heavy atom. The summed E-state index contributed by atoms with van der Waals surface area (Å²) in [6, 6.07) is 5.98. The standard InChI is InChI=1S/C9H14N4.HNO3/c1-6-3-4-7(2)8(5-6)12-9(10)13-11;2-1(3)4/h3-5H,11H2,1-2H3,(H3,10,12,13);(H,2,3,4). The van der Waals surface area contributed by atoms with Gasteiger partial charge in [-0.15, -0.1) is 10.1 Å².